The van der Waals surface area contributed by atoms with Gasteiger partial charge in [-0.2, -0.15) is 5.26 Å². The molecule has 0 bridgehead atoms. The van der Waals surface area contributed by atoms with E-state index in [4.69, 9.17) is 11.0 Å². The minimum absolute atomic E-state index is 0.265. The number of nitrogens with zero attached hydrogens (tertiary/aromatic N) is 1. The molecule has 0 saturated heterocycles. The van der Waals surface area contributed by atoms with Crippen LogP contribution in [0.2, 0.25) is 0 Å². The maximum atomic E-state index is 11.2. The van der Waals surface area contributed by atoms with Crippen molar-refractivity contribution in [1.82, 2.24) is 0 Å². The number of esters is 1. The van der Waals surface area contributed by atoms with Crippen molar-refractivity contribution in [2.45, 2.75) is 6.04 Å². The summed E-state index contributed by atoms with van der Waals surface area (Å²) in [4.78, 5) is 11.2. The van der Waals surface area contributed by atoms with Crippen molar-refractivity contribution in [1.29, 1.82) is 5.26 Å². The van der Waals surface area contributed by atoms with Crippen LogP contribution in [0.5, 0.6) is 0 Å². The number of rotatable bonds is 3. The van der Waals surface area contributed by atoms with E-state index in [1.165, 1.54) is 0 Å². The molecule has 0 saturated carbocycles. The normalized spacial score (nSPS) is 11.4. The summed E-state index contributed by atoms with van der Waals surface area (Å²) in [7, 11) is 0. The Balaban J connectivity index is 2.62. The van der Waals surface area contributed by atoms with E-state index in [9.17, 15) is 4.79 Å². The van der Waals surface area contributed by atoms with Crippen LogP contribution in [0, 0.1) is 11.3 Å². The summed E-state index contributed by atoms with van der Waals surface area (Å²) in [6.45, 7) is -0.265. The van der Waals surface area contributed by atoms with Crippen molar-refractivity contribution >= 4 is 5.97 Å². The fourth-order valence-electron chi connectivity index (χ4n) is 0.990. The molecule has 0 aliphatic rings. The van der Waals surface area contributed by atoms with Crippen LogP contribution in [0.4, 0.5) is 0 Å². The zero-order valence-corrected chi connectivity index (χ0v) is 7.51. The summed E-state index contributed by atoms with van der Waals surface area (Å²) in [5.41, 5.74) is 6.27. The van der Waals surface area contributed by atoms with E-state index in [-0.39, 0.29) is 6.61 Å². The van der Waals surface area contributed by atoms with Gasteiger partial charge >= 0.3 is 5.97 Å². The fraction of sp³-hybridized carbons (Fsp3) is 0.200. The molecule has 0 aromatic heterocycles. The molecule has 1 aromatic carbocycles. The second kappa shape index (κ2) is 5.00. The highest BCUT2D eigenvalue weighted by molar-refractivity contribution is 5.77. The molecule has 2 N–H and O–H groups in total. The van der Waals surface area contributed by atoms with E-state index >= 15 is 0 Å². The van der Waals surface area contributed by atoms with Gasteiger partial charge in [0.1, 0.15) is 12.1 Å². The summed E-state index contributed by atoms with van der Waals surface area (Å²) < 4.78 is 4.58. The van der Waals surface area contributed by atoms with Gasteiger partial charge in [-0.3, -0.25) is 0 Å². The number of carbonyl (C=O) groups is 1. The quantitative estimate of drug-likeness (QED) is 0.713. The van der Waals surface area contributed by atoms with E-state index < -0.39 is 12.0 Å². The topological polar surface area (TPSA) is 76.1 Å². The number of nitrogens with two attached hydrogens (primary N) is 1. The average Bonchev–Trinajstić information content (AvgIpc) is 2.26. The van der Waals surface area contributed by atoms with Gasteiger partial charge in [-0.15, -0.1) is 0 Å². The van der Waals surface area contributed by atoms with Crippen LogP contribution >= 0.6 is 0 Å². The third-order valence-corrected chi connectivity index (χ3v) is 1.69. The van der Waals surface area contributed by atoms with Crippen molar-refractivity contribution in [2.75, 3.05) is 6.61 Å². The van der Waals surface area contributed by atoms with E-state index in [0.717, 1.165) is 0 Å². The van der Waals surface area contributed by atoms with E-state index in [1.807, 2.05) is 6.07 Å². The van der Waals surface area contributed by atoms with Crippen molar-refractivity contribution in [3.8, 4) is 6.07 Å². The number of hydrogen-bond donors (Lipinski definition) is 1. The molecule has 4 heteroatoms. The zero-order valence-electron chi connectivity index (χ0n) is 7.51. The number of benzene rings is 1. The predicted octanol–water partition coefficient (Wildman–Crippen LogP) is 0.753. The van der Waals surface area contributed by atoms with Gasteiger partial charge in [0.05, 0.1) is 0 Å². The molecule has 0 radical (unpaired) electrons. The monoisotopic (exact) mass is 190 g/mol. The predicted molar refractivity (Wildman–Crippen MR) is 49.9 cm³/mol. The highest BCUT2D eigenvalue weighted by atomic mass is 16.5. The first kappa shape index (κ1) is 10.2. The van der Waals surface area contributed by atoms with E-state index in [2.05, 4.69) is 4.74 Å². The lowest BCUT2D eigenvalue weighted by molar-refractivity contribution is -0.143. The Morgan fingerprint density at radius 1 is 1.50 bits per heavy atom. The Morgan fingerprint density at radius 3 is 2.71 bits per heavy atom. The first-order valence-electron chi connectivity index (χ1n) is 4.10. The molecule has 0 spiro atoms. The van der Waals surface area contributed by atoms with Gasteiger partial charge < -0.3 is 10.5 Å². The molecule has 1 atom stereocenters. The number of hydrogen-bond acceptors (Lipinski definition) is 4. The smallest absolute Gasteiger partial charge is 0.328 e. The summed E-state index contributed by atoms with van der Waals surface area (Å²) in [6.07, 6.45) is 0. The summed E-state index contributed by atoms with van der Waals surface area (Å²) in [5, 5.41) is 8.20. The highest BCUT2D eigenvalue weighted by Crippen LogP contribution is 2.10. The third-order valence-electron chi connectivity index (χ3n) is 1.69. The van der Waals surface area contributed by atoms with Gasteiger partial charge in [-0.1, -0.05) is 30.3 Å². The van der Waals surface area contributed by atoms with Crippen molar-refractivity contribution in [3.63, 3.8) is 0 Å². The summed E-state index contributed by atoms with van der Waals surface area (Å²) >= 11 is 0. The van der Waals surface area contributed by atoms with Crippen molar-refractivity contribution in [3.05, 3.63) is 35.9 Å². The van der Waals surface area contributed by atoms with E-state index in [1.54, 1.807) is 30.3 Å². The van der Waals surface area contributed by atoms with Gasteiger partial charge in [-0.05, 0) is 5.56 Å². The lowest BCUT2D eigenvalue weighted by atomic mass is 10.1. The van der Waals surface area contributed by atoms with Gasteiger partial charge in [0.15, 0.2) is 6.61 Å². The van der Waals surface area contributed by atoms with Crippen LogP contribution in [-0.2, 0) is 9.53 Å². The van der Waals surface area contributed by atoms with Crippen LogP contribution in [0.3, 0.4) is 0 Å². The maximum absolute atomic E-state index is 11.2. The Morgan fingerprint density at radius 2 is 2.14 bits per heavy atom. The Bertz CT molecular complexity index is 343. The SMILES string of the molecule is N#CCOC(=O)[C@@H](N)c1ccccc1. The molecule has 1 rings (SSSR count). The molecular formula is C10H10N2O2. The average molecular weight is 190 g/mol. The fourth-order valence-corrected chi connectivity index (χ4v) is 0.990. The Hall–Kier alpha value is -1.86. The molecule has 1 aromatic rings. The van der Waals surface area contributed by atoms with Crippen LogP contribution in [0.15, 0.2) is 30.3 Å². The number of ether oxygens (including phenoxy) is 1. The molecule has 0 unspecified atom stereocenters. The minimum atomic E-state index is -0.815. The molecule has 0 fully saturated rings. The summed E-state index contributed by atoms with van der Waals surface area (Å²) in [6, 6.07) is 9.76. The van der Waals surface area contributed by atoms with Gasteiger partial charge in [-0.25, -0.2) is 4.79 Å². The number of carbonyl (C=O) groups excluding carboxylic acids is 1. The molecule has 4 nitrogen and oxygen atoms in total. The summed E-state index contributed by atoms with van der Waals surface area (Å²) in [5.74, 6) is -0.585. The Kier molecular flexibility index (Phi) is 3.65. The first-order valence-corrected chi connectivity index (χ1v) is 4.10. The minimum Gasteiger partial charge on any atom is -0.449 e. The molecule has 0 aliphatic carbocycles. The second-order valence-corrected chi connectivity index (χ2v) is 2.65. The van der Waals surface area contributed by atoms with Gasteiger partial charge in [0.25, 0.3) is 0 Å². The molecule has 0 aliphatic heterocycles. The lowest BCUT2D eigenvalue weighted by Gasteiger charge is -2.09. The van der Waals surface area contributed by atoms with Crippen LogP contribution in [0.1, 0.15) is 11.6 Å². The van der Waals surface area contributed by atoms with Gasteiger partial charge in [0, 0.05) is 0 Å². The van der Waals surface area contributed by atoms with E-state index in [0.29, 0.717) is 5.56 Å². The maximum Gasteiger partial charge on any atom is 0.328 e. The van der Waals surface area contributed by atoms with Gasteiger partial charge in [0.2, 0.25) is 0 Å². The Labute approximate surface area is 81.9 Å². The number of nitriles is 1. The van der Waals surface area contributed by atoms with Crippen molar-refractivity contribution in [2.24, 2.45) is 5.73 Å². The molecule has 0 amide bonds. The molecule has 14 heavy (non-hydrogen) atoms. The largest absolute Gasteiger partial charge is 0.449 e. The van der Waals surface area contributed by atoms with Crippen molar-refractivity contribution < 1.29 is 9.53 Å². The first-order chi connectivity index (χ1) is 6.75. The van der Waals surface area contributed by atoms with Crippen LogP contribution < -0.4 is 5.73 Å². The molecule has 0 heterocycles. The zero-order chi connectivity index (χ0) is 10.4. The van der Waals surface area contributed by atoms with Crippen LogP contribution in [-0.4, -0.2) is 12.6 Å². The highest BCUT2D eigenvalue weighted by Gasteiger charge is 2.16. The third kappa shape index (κ3) is 2.57. The van der Waals surface area contributed by atoms with Crippen LogP contribution in [0.25, 0.3) is 0 Å². The standard InChI is InChI=1S/C10H10N2O2/c11-6-7-14-10(13)9(12)8-4-2-1-3-5-8/h1-5,9H,7,12H2/t9-/m0/s1. The molecular weight excluding hydrogens is 180 g/mol. The molecule has 72 valence electrons. The lowest BCUT2D eigenvalue weighted by Crippen LogP contribution is -2.23. The second-order valence-electron chi connectivity index (χ2n) is 2.65.